The van der Waals surface area contributed by atoms with Crippen LogP contribution in [0.15, 0.2) is 73.7 Å². The van der Waals surface area contributed by atoms with Gasteiger partial charge < -0.3 is 9.80 Å². The Bertz CT molecular complexity index is 1120. The summed E-state index contributed by atoms with van der Waals surface area (Å²) in [5, 5.41) is 4.30. The van der Waals surface area contributed by atoms with Crippen LogP contribution in [0.5, 0.6) is 0 Å². The molecular weight excluding hydrogens is 414 g/mol. The molecule has 2 aromatic heterocycles. The normalized spacial score (nSPS) is 17.2. The van der Waals surface area contributed by atoms with Crippen LogP contribution in [0.2, 0.25) is 0 Å². The summed E-state index contributed by atoms with van der Waals surface area (Å²) in [6.45, 7) is 9.00. The fourth-order valence-corrected chi connectivity index (χ4v) is 4.37. The number of carbonyl (C=O) groups excluding carboxylic acids is 2. The van der Waals surface area contributed by atoms with Gasteiger partial charge in [-0.1, -0.05) is 30.3 Å². The van der Waals surface area contributed by atoms with Crippen LogP contribution in [0.25, 0.3) is 11.1 Å². The number of nitrogens with zero attached hydrogens (tertiary/aromatic N) is 5. The molecule has 1 aliphatic heterocycles. The van der Waals surface area contributed by atoms with Crippen molar-refractivity contribution in [3.05, 3.63) is 85.0 Å². The Balaban J connectivity index is 1.58. The molecule has 1 aromatic carbocycles. The van der Waals surface area contributed by atoms with Gasteiger partial charge in [0.15, 0.2) is 0 Å². The summed E-state index contributed by atoms with van der Waals surface area (Å²) in [6, 6.07) is 12.9. The molecule has 1 saturated heterocycles. The fraction of sp³-hybridized carbons (Fsp3) is 0.308. The molecule has 0 N–H and O–H groups in total. The third-order valence-corrected chi connectivity index (χ3v) is 6.21. The lowest BCUT2D eigenvalue weighted by Gasteiger charge is -2.41. The molecule has 0 bridgehead atoms. The first kappa shape index (κ1) is 22.5. The largest absolute Gasteiger partial charge is 0.335 e. The van der Waals surface area contributed by atoms with Crippen molar-refractivity contribution in [2.75, 3.05) is 19.6 Å². The molecular formula is C26H29N5O2. The van der Waals surface area contributed by atoms with Crippen LogP contribution in [-0.2, 0) is 16.0 Å². The lowest BCUT2D eigenvalue weighted by Crippen LogP contribution is -2.60. The summed E-state index contributed by atoms with van der Waals surface area (Å²) in [4.78, 5) is 34.4. The molecule has 170 valence electrons. The van der Waals surface area contributed by atoms with Gasteiger partial charge in [0.2, 0.25) is 11.8 Å². The Morgan fingerprint density at radius 1 is 1.09 bits per heavy atom. The van der Waals surface area contributed by atoms with Crippen molar-refractivity contribution in [3.63, 3.8) is 0 Å². The van der Waals surface area contributed by atoms with E-state index in [4.69, 9.17) is 0 Å². The van der Waals surface area contributed by atoms with Gasteiger partial charge >= 0.3 is 0 Å². The Hall–Kier alpha value is -3.74. The SMILES string of the molecule is C=CCN1CCN(C(=O)[C@@H](C)n2nccc2C)[C@@H](Cc2ccc(-c3ccncc3)cc2)C1=O. The van der Waals surface area contributed by atoms with Gasteiger partial charge in [0.1, 0.15) is 12.1 Å². The zero-order chi connectivity index (χ0) is 23.4. The third kappa shape index (κ3) is 4.72. The van der Waals surface area contributed by atoms with Crippen LogP contribution in [-0.4, -0.2) is 62.1 Å². The number of pyridine rings is 1. The number of benzene rings is 1. The van der Waals surface area contributed by atoms with Crippen molar-refractivity contribution in [2.24, 2.45) is 0 Å². The molecule has 1 aliphatic rings. The number of hydrogen-bond acceptors (Lipinski definition) is 4. The van der Waals surface area contributed by atoms with E-state index in [-0.39, 0.29) is 11.8 Å². The first-order valence-electron chi connectivity index (χ1n) is 11.2. The summed E-state index contributed by atoms with van der Waals surface area (Å²) in [5.74, 6) is -0.135. The van der Waals surface area contributed by atoms with Gasteiger partial charge in [-0.3, -0.25) is 19.3 Å². The highest BCUT2D eigenvalue weighted by molar-refractivity contribution is 5.90. The maximum atomic E-state index is 13.5. The summed E-state index contributed by atoms with van der Waals surface area (Å²) in [5.41, 5.74) is 4.09. The van der Waals surface area contributed by atoms with Crippen molar-refractivity contribution < 1.29 is 9.59 Å². The van der Waals surface area contributed by atoms with Gasteiger partial charge in [-0.25, -0.2) is 0 Å². The summed E-state index contributed by atoms with van der Waals surface area (Å²) in [7, 11) is 0. The topological polar surface area (TPSA) is 71.3 Å². The Kier molecular flexibility index (Phi) is 6.68. The second-order valence-electron chi connectivity index (χ2n) is 8.35. The van der Waals surface area contributed by atoms with Gasteiger partial charge in [-0.2, -0.15) is 5.10 Å². The molecule has 0 aliphatic carbocycles. The molecule has 0 unspecified atom stereocenters. The zero-order valence-corrected chi connectivity index (χ0v) is 19.1. The summed E-state index contributed by atoms with van der Waals surface area (Å²) in [6.07, 6.45) is 7.41. The van der Waals surface area contributed by atoms with E-state index in [0.717, 1.165) is 22.4 Å². The van der Waals surface area contributed by atoms with Crippen molar-refractivity contribution >= 4 is 11.8 Å². The average Bonchev–Trinajstić information content (AvgIpc) is 3.27. The molecule has 4 rings (SSSR count). The number of amides is 2. The van der Waals surface area contributed by atoms with E-state index in [1.54, 1.807) is 39.1 Å². The maximum Gasteiger partial charge on any atom is 0.247 e. The van der Waals surface area contributed by atoms with Crippen LogP contribution in [0, 0.1) is 6.92 Å². The average molecular weight is 444 g/mol. The monoisotopic (exact) mass is 443 g/mol. The highest BCUT2D eigenvalue weighted by Gasteiger charge is 2.39. The van der Waals surface area contributed by atoms with Crippen LogP contribution in [0.3, 0.4) is 0 Å². The minimum Gasteiger partial charge on any atom is -0.335 e. The van der Waals surface area contributed by atoms with Gasteiger partial charge in [-0.15, -0.1) is 6.58 Å². The minimum absolute atomic E-state index is 0.0444. The maximum absolute atomic E-state index is 13.5. The number of aromatic nitrogens is 3. The smallest absolute Gasteiger partial charge is 0.247 e. The summed E-state index contributed by atoms with van der Waals surface area (Å²) >= 11 is 0. The molecule has 7 nitrogen and oxygen atoms in total. The van der Waals surface area contributed by atoms with Crippen molar-refractivity contribution in [1.29, 1.82) is 0 Å². The molecule has 0 radical (unpaired) electrons. The van der Waals surface area contributed by atoms with E-state index in [0.29, 0.717) is 26.1 Å². The van der Waals surface area contributed by atoms with Gasteiger partial charge in [0.05, 0.1) is 0 Å². The fourth-order valence-electron chi connectivity index (χ4n) is 4.37. The van der Waals surface area contributed by atoms with Crippen LogP contribution >= 0.6 is 0 Å². The third-order valence-electron chi connectivity index (χ3n) is 6.21. The Morgan fingerprint density at radius 3 is 2.42 bits per heavy atom. The van der Waals surface area contributed by atoms with E-state index < -0.39 is 12.1 Å². The summed E-state index contributed by atoms with van der Waals surface area (Å²) < 4.78 is 1.71. The van der Waals surface area contributed by atoms with Crippen LogP contribution < -0.4 is 0 Å². The standard InChI is InChI=1S/C26H29N5O2/c1-4-15-29-16-17-30(25(32)20(3)31-19(2)9-14-28-31)24(26(29)33)18-21-5-7-22(8-6-21)23-10-12-27-13-11-23/h4-14,20,24H,1,15-18H2,2-3H3/t20-,24+/m1/s1. The van der Waals surface area contributed by atoms with Crippen molar-refractivity contribution in [2.45, 2.75) is 32.4 Å². The number of piperazine rings is 1. The molecule has 0 saturated carbocycles. The second-order valence-corrected chi connectivity index (χ2v) is 8.35. The predicted octanol–water partition coefficient (Wildman–Crippen LogP) is 3.28. The Morgan fingerprint density at radius 2 is 1.79 bits per heavy atom. The van der Waals surface area contributed by atoms with Crippen LogP contribution in [0.1, 0.15) is 24.2 Å². The van der Waals surface area contributed by atoms with E-state index in [1.165, 1.54) is 0 Å². The lowest BCUT2D eigenvalue weighted by molar-refractivity contribution is -0.152. The molecule has 7 heteroatoms. The van der Waals surface area contributed by atoms with E-state index >= 15 is 0 Å². The number of aryl methyl sites for hydroxylation is 1. The predicted molar refractivity (Wildman–Crippen MR) is 127 cm³/mol. The molecule has 0 spiro atoms. The first-order valence-corrected chi connectivity index (χ1v) is 11.2. The second kappa shape index (κ2) is 9.81. The van der Waals surface area contributed by atoms with Gasteiger partial charge in [0, 0.05) is 50.3 Å². The highest BCUT2D eigenvalue weighted by atomic mass is 16.2. The first-order chi connectivity index (χ1) is 16.0. The lowest BCUT2D eigenvalue weighted by atomic mass is 9.98. The number of rotatable bonds is 7. The molecule has 33 heavy (non-hydrogen) atoms. The van der Waals surface area contributed by atoms with Gasteiger partial charge in [-0.05, 0) is 48.7 Å². The zero-order valence-electron chi connectivity index (χ0n) is 19.1. The molecule has 3 aromatic rings. The van der Waals surface area contributed by atoms with E-state index in [1.807, 2.05) is 56.3 Å². The molecule has 1 fully saturated rings. The minimum atomic E-state index is -0.559. The number of hydrogen-bond donors (Lipinski definition) is 0. The van der Waals surface area contributed by atoms with Crippen LogP contribution in [0.4, 0.5) is 0 Å². The molecule has 2 amide bonds. The number of carbonyl (C=O) groups is 2. The highest BCUT2D eigenvalue weighted by Crippen LogP contribution is 2.23. The van der Waals surface area contributed by atoms with Gasteiger partial charge in [0.25, 0.3) is 0 Å². The van der Waals surface area contributed by atoms with Crippen molar-refractivity contribution in [1.82, 2.24) is 24.6 Å². The Labute approximate surface area is 194 Å². The van der Waals surface area contributed by atoms with Crippen molar-refractivity contribution in [3.8, 4) is 11.1 Å². The van der Waals surface area contributed by atoms with E-state index in [9.17, 15) is 9.59 Å². The quantitative estimate of drug-likeness (QED) is 0.526. The molecule has 3 heterocycles. The molecule has 2 atom stereocenters. The van der Waals surface area contributed by atoms with E-state index in [2.05, 4.69) is 16.7 Å².